The van der Waals surface area contributed by atoms with Crippen molar-refractivity contribution < 1.29 is 9.90 Å². The lowest BCUT2D eigenvalue weighted by molar-refractivity contribution is 0.200. The fraction of sp³-hybridized carbons (Fsp3) is 0.409. The van der Waals surface area contributed by atoms with Crippen molar-refractivity contribution in [2.24, 2.45) is 11.8 Å². The molecule has 1 fully saturated rings. The Balaban J connectivity index is 1.85. The lowest BCUT2D eigenvalue weighted by Crippen LogP contribution is -2.30. The summed E-state index contributed by atoms with van der Waals surface area (Å²) in [5.41, 5.74) is 3.78. The van der Waals surface area contributed by atoms with Crippen LogP contribution in [0.5, 0.6) is 0 Å². The van der Waals surface area contributed by atoms with Gasteiger partial charge in [0.1, 0.15) is 5.69 Å². The number of nitrogens with one attached hydrogen (secondary N) is 2. The van der Waals surface area contributed by atoms with Gasteiger partial charge in [-0.25, -0.2) is 14.8 Å². The molecule has 9 heteroatoms. The second kappa shape index (κ2) is 8.63. The van der Waals surface area contributed by atoms with E-state index in [-0.39, 0.29) is 11.7 Å². The van der Waals surface area contributed by atoms with E-state index < -0.39 is 6.09 Å². The average molecular weight is 441 g/mol. The van der Waals surface area contributed by atoms with E-state index in [2.05, 4.69) is 32.6 Å². The summed E-state index contributed by atoms with van der Waals surface area (Å²) in [7, 11) is 0. The number of aromatic nitrogens is 4. The van der Waals surface area contributed by atoms with E-state index in [1.54, 1.807) is 18.5 Å². The maximum Gasteiger partial charge on any atom is 0.410 e. The third kappa shape index (κ3) is 4.54. The summed E-state index contributed by atoms with van der Waals surface area (Å²) in [5.74, 6) is 1.01. The molecule has 0 unspecified atom stereocenters. The number of hydrogen-bond acceptors (Lipinski definition) is 5. The maximum atomic E-state index is 11.0. The molecule has 8 nitrogen and oxygen atoms in total. The van der Waals surface area contributed by atoms with Crippen LogP contribution in [-0.2, 0) is 6.54 Å². The van der Waals surface area contributed by atoms with Crippen LogP contribution < -0.4 is 5.32 Å². The first-order chi connectivity index (χ1) is 14.8. The van der Waals surface area contributed by atoms with Crippen LogP contribution in [0.4, 0.5) is 4.79 Å². The van der Waals surface area contributed by atoms with E-state index in [4.69, 9.17) is 22.1 Å². The molecule has 1 aliphatic rings. The Kier molecular flexibility index (Phi) is 5.91. The second-order valence-electron chi connectivity index (χ2n) is 8.38. The molecule has 162 valence electrons. The zero-order valence-electron chi connectivity index (χ0n) is 17.5. The number of fused-ring (bicyclic) bond motifs is 1. The first-order valence-corrected chi connectivity index (χ1v) is 10.8. The first-order valence-electron chi connectivity index (χ1n) is 10.4. The Morgan fingerprint density at radius 3 is 2.71 bits per heavy atom. The lowest BCUT2D eigenvalue weighted by Gasteiger charge is -2.26. The number of amides is 1. The zero-order chi connectivity index (χ0) is 22.1. The molecule has 3 N–H and O–H groups in total. The smallest absolute Gasteiger partial charge is 0.410 e. The number of amidine groups is 1. The number of nitrogens with zero attached hydrogens (tertiary/aromatic N) is 4. The standard InChI is InChI=1S/C22H25ClN6O2/c1-12-3-5-14(6-4-12)11-29-10-13(2)17-19(29)18(15-7-16(23)9-25-8-15)27-21(26-17)20(24)28-22(30)31/h7-10,12,14H,3-6,11H2,1-2H3,(H2,24,28)(H,30,31)/t12-,14-. The normalized spacial score (nSPS) is 18.8. The Bertz CT molecular complexity index is 1150. The largest absolute Gasteiger partial charge is 0.465 e. The molecule has 0 radical (unpaired) electrons. The van der Waals surface area contributed by atoms with Gasteiger partial charge >= 0.3 is 6.09 Å². The Labute approximate surface area is 185 Å². The van der Waals surface area contributed by atoms with Crippen LogP contribution >= 0.6 is 11.6 Å². The highest BCUT2D eigenvalue weighted by atomic mass is 35.5. The number of halogens is 1. The van der Waals surface area contributed by atoms with Gasteiger partial charge in [-0.2, -0.15) is 0 Å². The summed E-state index contributed by atoms with van der Waals surface area (Å²) in [6.45, 7) is 5.14. The lowest BCUT2D eigenvalue weighted by atomic mass is 9.83. The molecule has 0 atom stereocenters. The van der Waals surface area contributed by atoms with Crippen molar-refractivity contribution in [1.29, 1.82) is 5.41 Å². The molecule has 0 bridgehead atoms. The molecule has 1 aliphatic carbocycles. The van der Waals surface area contributed by atoms with Crippen molar-refractivity contribution in [3.8, 4) is 11.3 Å². The first kappa shape index (κ1) is 21.2. The number of carbonyl (C=O) groups is 1. The second-order valence-corrected chi connectivity index (χ2v) is 8.82. The fourth-order valence-electron chi connectivity index (χ4n) is 4.31. The summed E-state index contributed by atoms with van der Waals surface area (Å²) in [6, 6.07) is 1.77. The van der Waals surface area contributed by atoms with Gasteiger partial charge in [0, 0.05) is 30.7 Å². The highest BCUT2D eigenvalue weighted by molar-refractivity contribution is 6.30. The maximum absolute atomic E-state index is 11.0. The van der Waals surface area contributed by atoms with Gasteiger partial charge in [-0.1, -0.05) is 31.4 Å². The zero-order valence-corrected chi connectivity index (χ0v) is 18.3. The molecule has 4 rings (SSSR count). The number of rotatable bonds is 4. The van der Waals surface area contributed by atoms with Gasteiger partial charge < -0.3 is 9.67 Å². The summed E-state index contributed by atoms with van der Waals surface area (Å²) in [5, 5.41) is 19.6. The van der Waals surface area contributed by atoms with Crippen LogP contribution in [0.2, 0.25) is 5.02 Å². The van der Waals surface area contributed by atoms with Crippen molar-refractivity contribution in [3.05, 3.63) is 41.1 Å². The van der Waals surface area contributed by atoms with Crippen molar-refractivity contribution in [2.75, 3.05) is 0 Å². The van der Waals surface area contributed by atoms with Crippen LogP contribution in [0.15, 0.2) is 24.7 Å². The Morgan fingerprint density at radius 1 is 1.29 bits per heavy atom. The monoisotopic (exact) mass is 440 g/mol. The van der Waals surface area contributed by atoms with Crippen molar-refractivity contribution >= 4 is 34.6 Å². The van der Waals surface area contributed by atoms with E-state index in [0.717, 1.165) is 23.5 Å². The van der Waals surface area contributed by atoms with Gasteiger partial charge in [-0.05, 0) is 43.2 Å². The third-order valence-corrected chi connectivity index (χ3v) is 6.13. The van der Waals surface area contributed by atoms with Crippen LogP contribution in [0.3, 0.4) is 0 Å². The molecule has 0 spiro atoms. The predicted molar refractivity (Wildman–Crippen MR) is 120 cm³/mol. The summed E-state index contributed by atoms with van der Waals surface area (Å²) >= 11 is 6.19. The van der Waals surface area contributed by atoms with E-state index >= 15 is 0 Å². The van der Waals surface area contributed by atoms with Gasteiger partial charge in [0.25, 0.3) is 0 Å². The minimum atomic E-state index is -1.33. The highest BCUT2D eigenvalue weighted by Crippen LogP contribution is 2.34. The van der Waals surface area contributed by atoms with E-state index in [0.29, 0.717) is 27.7 Å². The molecule has 3 aromatic heterocycles. The van der Waals surface area contributed by atoms with Crippen LogP contribution in [0.1, 0.15) is 44.0 Å². The number of carboxylic acid groups (broad SMARTS) is 1. The molecule has 3 heterocycles. The minimum absolute atomic E-state index is 0.0113. The average Bonchev–Trinajstić information content (AvgIpc) is 3.04. The molecule has 0 aromatic carbocycles. The van der Waals surface area contributed by atoms with Crippen molar-refractivity contribution in [2.45, 2.75) is 46.1 Å². The van der Waals surface area contributed by atoms with E-state index in [9.17, 15) is 4.79 Å². The summed E-state index contributed by atoms with van der Waals surface area (Å²) < 4.78 is 2.19. The molecular weight excluding hydrogens is 416 g/mol. The number of hydrogen-bond donors (Lipinski definition) is 3. The van der Waals surface area contributed by atoms with E-state index in [1.165, 1.54) is 25.7 Å². The van der Waals surface area contributed by atoms with Crippen LogP contribution in [0.25, 0.3) is 22.3 Å². The Morgan fingerprint density at radius 2 is 2.03 bits per heavy atom. The van der Waals surface area contributed by atoms with E-state index in [1.807, 2.05) is 12.2 Å². The minimum Gasteiger partial charge on any atom is -0.465 e. The molecule has 1 amide bonds. The highest BCUT2D eigenvalue weighted by Gasteiger charge is 2.23. The summed E-state index contributed by atoms with van der Waals surface area (Å²) in [4.78, 5) is 24.3. The van der Waals surface area contributed by atoms with Gasteiger partial charge in [0.2, 0.25) is 0 Å². The molecule has 31 heavy (non-hydrogen) atoms. The number of pyridine rings is 1. The topological polar surface area (TPSA) is 117 Å². The fourth-order valence-corrected chi connectivity index (χ4v) is 4.49. The van der Waals surface area contributed by atoms with Gasteiger partial charge in [-0.15, -0.1) is 0 Å². The van der Waals surface area contributed by atoms with Gasteiger partial charge in [-0.3, -0.25) is 15.7 Å². The molecular formula is C22H25ClN6O2. The number of aryl methyl sites for hydroxylation is 1. The quantitative estimate of drug-likeness (QED) is 0.395. The molecule has 0 aliphatic heterocycles. The summed E-state index contributed by atoms with van der Waals surface area (Å²) in [6.07, 6.45) is 8.82. The molecule has 3 aromatic rings. The van der Waals surface area contributed by atoms with Gasteiger partial charge in [0.15, 0.2) is 11.7 Å². The predicted octanol–water partition coefficient (Wildman–Crippen LogP) is 4.87. The Hall–Kier alpha value is -3.00. The van der Waals surface area contributed by atoms with Gasteiger partial charge in [0.05, 0.1) is 16.1 Å². The molecule has 1 saturated carbocycles. The van der Waals surface area contributed by atoms with Crippen LogP contribution in [-0.4, -0.2) is 36.6 Å². The third-order valence-electron chi connectivity index (χ3n) is 5.92. The van der Waals surface area contributed by atoms with Crippen molar-refractivity contribution in [1.82, 2.24) is 24.8 Å². The van der Waals surface area contributed by atoms with Crippen LogP contribution in [0, 0.1) is 24.2 Å². The molecule has 0 saturated heterocycles. The SMILES string of the molecule is Cc1cn(C[C@H]2CC[C@H](C)CC2)c2c(-c3cncc(Cl)c3)nc(C(=N)NC(=O)O)nc12. The van der Waals surface area contributed by atoms with Crippen molar-refractivity contribution in [3.63, 3.8) is 0 Å².